The number of halogens is 4. The van der Waals surface area contributed by atoms with Crippen molar-refractivity contribution in [3.8, 4) is 0 Å². The van der Waals surface area contributed by atoms with Crippen LogP contribution in [-0.4, -0.2) is 29.2 Å². The minimum absolute atomic E-state index is 0.190. The third kappa shape index (κ3) is 3.53. The minimum atomic E-state index is -4.37. The van der Waals surface area contributed by atoms with Crippen molar-refractivity contribution in [1.29, 1.82) is 0 Å². The standard InChI is InChI=1S/C14H15BrF3NO/c15-8-10-2-1-7-19(9-10)13(20)11-3-5-12(6-4-11)14(16,17)18/h3-6,10H,1-2,7-9H2. The monoisotopic (exact) mass is 349 g/mol. The molecule has 1 aromatic rings. The SMILES string of the molecule is O=C(c1ccc(C(F)(F)F)cc1)N1CCCC(CBr)C1. The first-order chi connectivity index (χ1) is 9.41. The molecule has 0 spiro atoms. The number of carbonyl (C=O) groups excluding carboxylic acids is 1. The Balaban J connectivity index is 2.09. The molecule has 1 unspecified atom stereocenters. The Morgan fingerprint density at radius 2 is 1.95 bits per heavy atom. The van der Waals surface area contributed by atoms with Gasteiger partial charge in [0.05, 0.1) is 5.56 Å². The molecule has 1 aliphatic rings. The summed E-state index contributed by atoms with van der Waals surface area (Å²) in [5.74, 6) is 0.228. The number of benzene rings is 1. The van der Waals surface area contributed by atoms with E-state index in [0.29, 0.717) is 24.6 Å². The molecule has 20 heavy (non-hydrogen) atoms. The van der Waals surface area contributed by atoms with Crippen LogP contribution in [0, 0.1) is 5.92 Å². The van der Waals surface area contributed by atoms with Gasteiger partial charge in [0.25, 0.3) is 5.91 Å². The van der Waals surface area contributed by atoms with Crippen molar-refractivity contribution in [3.05, 3.63) is 35.4 Å². The first kappa shape index (κ1) is 15.4. The summed E-state index contributed by atoms with van der Waals surface area (Å²) in [7, 11) is 0. The van der Waals surface area contributed by atoms with Crippen molar-refractivity contribution in [2.45, 2.75) is 19.0 Å². The predicted octanol–water partition coefficient (Wildman–Crippen LogP) is 3.95. The van der Waals surface area contributed by atoms with Crippen LogP contribution >= 0.6 is 15.9 Å². The molecule has 2 nitrogen and oxygen atoms in total. The van der Waals surface area contributed by atoms with Gasteiger partial charge in [-0.2, -0.15) is 13.2 Å². The lowest BCUT2D eigenvalue weighted by atomic mass is 9.99. The zero-order valence-corrected chi connectivity index (χ0v) is 12.4. The highest BCUT2D eigenvalue weighted by molar-refractivity contribution is 9.09. The van der Waals surface area contributed by atoms with Gasteiger partial charge in [0, 0.05) is 24.0 Å². The fourth-order valence-electron chi connectivity index (χ4n) is 2.36. The summed E-state index contributed by atoms with van der Waals surface area (Å²) in [4.78, 5) is 14.0. The van der Waals surface area contributed by atoms with E-state index in [-0.39, 0.29) is 5.91 Å². The van der Waals surface area contributed by atoms with Crippen molar-refractivity contribution < 1.29 is 18.0 Å². The van der Waals surface area contributed by atoms with Gasteiger partial charge in [0.1, 0.15) is 0 Å². The van der Waals surface area contributed by atoms with Gasteiger partial charge >= 0.3 is 6.18 Å². The van der Waals surface area contributed by atoms with Crippen LogP contribution in [0.2, 0.25) is 0 Å². The largest absolute Gasteiger partial charge is 0.416 e. The highest BCUT2D eigenvalue weighted by atomic mass is 79.9. The Morgan fingerprint density at radius 1 is 1.30 bits per heavy atom. The molecule has 6 heteroatoms. The molecule has 0 aromatic heterocycles. The molecule has 0 aliphatic carbocycles. The van der Waals surface area contributed by atoms with Crippen molar-refractivity contribution >= 4 is 21.8 Å². The van der Waals surface area contributed by atoms with E-state index in [2.05, 4.69) is 15.9 Å². The quantitative estimate of drug-likeness (QED) is 0.740. The molecular formula is C14H15BrF3NO. The molecule has 2 rings (SSSR count). The van der Waals surface area contributed by atoms with Gasteiger partial charge in [-0.25, -0.2) is 0 Å². The lowest BCUT2D eigenvalue weighted by Crippen LogP contribution is -2.40. The van der Waals surface area contributed by atoms with E-state index in [1.807, 2.05) is 0 Å². The number of piperidine rings is 1. The summed E-state index contributed by atoms with van der Waals surface area (Å²) in [6, 6.07) is 4.42. The maximum Gasteiger partial charge on any atom is 0.416 e. The number of carbonyl (C=O) groups is 1. The molecule has 0 radical (unpaired) electrons. The fourth-order valence-corrected chi connectivity index (χ4v) is 2.89. The van der Waals surface area contributed by atoms with E-state index in [0.717, 1.165) is 30.3 Å². The topological polar surface area (TPSA) is 20.3 Å². The normalized spacial score (nSPS) is 20.0. The third-order valence-corrected chi connectivity index (χ3v) is 4.40. The number of alkyl halides is 4. The smallest absolute Gasteiger partial charge is 0.338 e. The first-order valence-corrected chi connectivity index (χ1v) is 7.56. The highest BCUT2D eigenvalue weighted by Gasteiger charge is 2.30. The second-order valence-corrected chi connectivity index (χ2v) is 5.64. The maximum atomic E-state index is 12.5. The number of hydrogen-bond donors (Lipinski definition) is 0. The van der Waals surface area contributed by atoms with Gasteiger partial charge in [0.2, 0.25) is 0 Å². The number of amides is 1. The van der Waals surface area contributed by atoms with Crippen LogP contribution in [0.3, 0.4) is 0 Å². The Hall–Kier alpha value is -1.04. The van der Waals surface area contributed by atoms with Gasteiger partial charge in [0.15, 0.2) is 0 Å². The summed E-state index contributed by atoms with van der Waals surface area (Å²) in [5.41, 5.74) is -0.417. The Labute approximate surface area is 124 Å². The zero-order valence-electron chi connectivity index (χ0n) is 10.8. The molecule has 1 saturated heterocycles. The first-order valence-electron chi connectivity index (χ1n) is 6.44. The third-order valence-electron chi connectivity index (χ3n) is 3.48. The van der Waals surface area contributed by atoms with E-state index in [1.165, 1.54) is 12.1 Å². The molecule has 0 N–H and O–H groups in total. The lowest BCUT2D eigenvalue weighted by Gasteiger charge is -2.32. The fraction of sp³-hybridized carbons (Fsp3) is 0.500. The lowest BCUT2D eigenvalue weighted by molar-refractivity contribution is -0.137. The van der Waals surface area contributed by atoms with Crippen molar-refractivity contribution in [1.82, 2.24) is 4.90 Å². The van der Waals surface area contributed by atoms with Crippen LogP contribution in [0.25, 0.3) is 0 Å². The summed E-state index contributed by atoms with van der Waals surface area (Å²) >= 11 is 3.41. The second kappa shape index (κ2) is 6.16. The van der Waals surface area contributed by atoms with Gasteiger partial charge < -0.3 is 4.90 Å². The van der Waals surface area contributed by atoms with Crippen LogP contribution < -0.4 is 0 Å². The average molecular weight is 350 g/mol. The van der Waals surface area contributed by atoms with E-state index in [4.69, 9.17) is 0 Å². The second-order valence-electron chi connectivity index (χ2n) is 4.99. The van der Waals surface area contributed by atoms with Crippen LogP contribution in [0.15, 0.2) is 24.3 Å². The Kier molecular flexibility index (Phi) is 4.73. The molecule has 0 saturated carbocycles. The number of nitrogens with zero attached hydrogens (tertiary/aromatic N) is 1. The molecule has 1 amide bonds. The molecule has 0 bridgehead atoms. The van der Waals surface area contributed by atoms with Crippen molar-refractivity contribution in [2.75, 3.05) is 18.4 Å². The molecule has 1 heterocycles. The van der Waals surface area contributed by atoms with Gasteiger partial charge in [-0.15, -0.1) is 0 Å². The van der Waals surface area contributed by atoms with Crippen LogP contribution in [0.4, 0.5) is 13.2 Å². The van der Waals surface area contributed by atoms with Gasteiger partial charge in [-0.1, -0.05) is 15.9 Å². The summed E-state index contributed by atoms with van der Waals surface area (Å²) < 4.78 is 37.4. The van der Waals surface area contributed by atoms with Crippen LogP contribution in [0.1, 0.15) is 28.8 Å². The van der Waals surface area contributed by atoms with Gasteiger partial charge in [-0.05, 0) is 43.0 Å². The summed E-state index contributed by atoms with van der Waals surface area (Å²) in [5, 5.41) is 0.837. The zero-order chi connectivity index (χ0) is 14.8. The molecule has 1 aromatic carbocycles. The summed E-state index contributed by atoms with van der Waals surface area (Å²) in [6.45, 7) is 1.33. The number of rotatable bonds is 2. The molecule has 1 fully saturated rings. The summed E-state index contributed by atoms with van der Waals surface area (Å²) in [6.07, 6.45) is -2.36. The van der Waals surface area contributed by atoms with E-state index in [9.17, 15) is 18.0 Å². The van der Waals surface area contributed by atoms with Crippen molar-refractivity contribution in [2.24, 2.45) is 5.92 Å². The van der Waals surface area contributed by atoms with Gasteiger partial charge in [-0.3, -0.25) is 4.79 Å². The highest BCUT2D eigenvalue weighted by Crippen LogP contribution is 2.29. The number of likely N-dealkylation sites (tertiary alicyclic amines) is 1. The Morgan fingerprint density at radius 3 is 2.50 bits per heavy atom. The minimum Gasteiger partial charge on any atom is -0.338 e. The van der Waals surface area contributed by atoms with Crippen LogP contribution in [0.5, 0.6) is 0 Å². The van der Waals surface area contributed by atoms with Crippen molar-refractivity contribution in [3.63, 3.8) is 0 Å². The van der Waals surface area contributed by atoms with E-state index in [1.54, 1.807) is 4.90 Å². The average Bonchev–Trinajstić information content (AvgIpc) is 2.46. The Bertz CT molecular complexity index is 472. The predicted molar refractivity (Wildman–Crippen MR) is 73.9 cm³/mol. The van der Waals surface area contributed by atoms with E-state index >= 15 is 0 Å². The van der Waals surface area contributed by atoms with E-state index < -0.39 is 11.7 Å². The molecule has 1 atom stereocenters. The molecule has 110 valence electrons. The van der Waals surface area contributed by atoms with Crippen LogP contribution in [-0.2, 0) is 6.18 Å². The molecular weight excluding hydrogens is 335 g/mol. The molecule has 1 aliphatic heterocycles. The maximum absolute atomic E-state index is 12.5. The number of hydrogen-bond acceptors (Lipinski definition) is 1.